The van der Waals surface area contributed by atoms with Gasteiger partial charge in [0.1, 0.15) is 0 Å². The zero-order chi connectivity index (χ0) is 12.0. The molecule has 0 saturated carbocycles. The number of nitrogens with two attached hydrogens (primary N) is 2. The summed E-state index contributed by atoms with van der Waals surface area (Å²) in [5.41, 5.74) is 12.2. The van der Waals surface area contributed by atoms with Crippen molar-refractivity contribution in [1.82, 2.24) is 5.32 Å². The van der Waals surface area contributed by atoms with Gasteiger partial charge in [0.05, 0.1) is 12.6 Å². The second-order valence-electron chi connectivity index (χ2n) is 3.36. The highest BCUT2D eigenvalue weighted by molar-refractivity contribution is 5.72. The van der Waals surface area contributed by atoms with Crippen molar-refractivity contribution in [2.75, 3.05) is 6.54 Å². The summed E-state index contributed by atoms with van der Waals surface area (Å²) >= 11 is 0. The molecule has 4 nitrogen and oxygen atoms in total. The Morgan fingerprint density at radius 3 is 2.94 bits per heavy atom. The number of hydrogen-bond donors (Lipinski definition) is 3. The van der Waals surface area contributed by atoms with Crippen LogP contribution in [0.5, 0.6) is 0 Å². The standard InChI is InChI=1S/C12H15N3O/c1-9(15-12(14)16)11-6-2-4-10(8-11)5-3-7-13/h2,4,6,8-9H,7,13H2,1H3,(H3,14,15,16). The maximum Gasteiger partial charge on any atom is 0.312 e. The summed E-state index contributed by atoms with van der Waals surface area (Å²) < 4.78 is 0. The van der Waals surface area contributed by atoms with Gasteiger partial charge in [-0.2, -0.15) is 0 Å². The molecule has 0 bridgehead atoms. The van der Waals surface area contributed by atoms with E-state index < -0.39 is 6.03 Å². The molecule has 84 valence electrons. The Morgan fingerprint density at radius 1 is 1.56 bits per heavy atom. The van der Waals surface area contributed by atoms with E-state index in [0.717, 1.165) is 11.1 Å². The van der Waals surface area contributed by atoms with E-state index in [9.17, 15) is 4.79 Å². The van der Waals surface area contributed by atoms with Crippen molar-refractivity contribution in [2.24, 2.45) is 11.5 Å². The molecule has 2 amide bonds. The lowest BCUT2D eigenvalue weighted by Gasteiger charge is -2.12. The van der Waals surface area contributed by atoms with Gasteiger partial charge in [0.25, 0.3) is 0 Å². The van der Waals surface area contributed by atoms with Crippen molar-refractivity contribution in [2.45, 2.75) is 13.0 Å². The van der Waals surface area contributed by atoms with Gasteiger partial charge < -0.3 is 16.8 Å². The molecule has 0 aromatic heterocycles. The van der Waals surface area contributed by atoms with Crippen LogP contribution in [0.2, 0.25) is 0 Å². The fourth-order valence-electron chi connectivity index (χ4n) is 1.34. The Balaban J connectivity index is 2.85. The van der Waals surface area contributed by atoms with E-state index in [-0.39, 0.29) is 6.04 Å². The minimum atomic E-state index is -0.536. The lowest BCUT2D eigenvalue weighted by molar-refractivity contribution is 0.246. The summed E-state index contributed by atoms with van der Waals surface area (Å²) in [5, 5.41) is 2.61. The number of urea groups is 1. The summed E-state index contributed by atoms with van der Waals surface area (Å²) in [7, 11) is 0. The maximum atomic E-state index is 10.7. The molecular weight excluding hydrogens is 202 g/mol. The minimum absolute atomic E-state index is 0.128. The molecule has 5 N–H and O–H groups in total. The number of benzene rings is 1. The molecule has 0 fully saturated rings. The highest BCUT2D eigenvalue weighted by atomic mass is 16.2. The fourth-order valence-corrected chi connectivity index (χ4v) is 1.34. The summed E-state index contributed by atoms with van der Waals surface area (Å²) in [4.78, 5) is 10.7. The fraction of sp³-hybridized carbons (Fsp3) is 0.250. The van der Waals surface area contributed by atoms with Crippen LogP contribution in [0.1, 0.15) is 24.1 Å². The zero-order valence-corrected chi connectivity index (χ0v) is 9.16. The molecule has 0 radical (unpaired) electrons. The van der Waals surface area contributed by atoms with Crippen molar-refractivity contribution < 1.29 is 4.79 Å². The second kappa shape index (κ2) is 5.79. The number of carbonyl (C=O) groups excluding carboxylic acids is 1. The normalized spacial score (nSPS) is 11.1. The third kappa shape index (κ3) is 3.64. The van der Waals surface area contributed by atoms with E-state index in [1.54, 1.807) is 0 Å². The third-order valence-electron chi connectivity index (χ3n) is 2.08. The van der Waals surface area contributed by atoms with Crippen LogP contribution in [-0.2, 0) is 0 Å². The molecule has 1 aromatic carbocycles. The highest BCUT2D eigenvalue weighted by Gasteiger charge is 2.06. The van der Waals surface area contributed by atoms with Gasteiger partial charge in [-0.25, -0.2) is 4.79 Å². The van der Waals surface area contributed by atoms with Crippen LogP contribution >= 0.6 is 0 Å². The Hall–Kier alpha value is -1.99. The summed E-state index contributed by atoms with van der Waals surface area (Å²) in [6.07, 6.45) is 0. The van der Waals surface area contributed by atoms with Crippen molar-refractivity contribution >= 4 is 6.03 Å². The van der Waals surface area contributed by atoms with E-state index >= 15 is 0 Å². The first-order chi connectivity index (χ1) is 7.63. The topological polar surface area (TPSA) is 81.1 Å². The van der Waals surface area contributed by atoms with Gasteiger partial charge in [-0.15, -0.1) is 0 Å². The van der Waals surface area contributed by atoms with Crippen LogP contribution in [0, 0.1) is 11.8 Å². The quantitative estimate of drug-likeness (QED) is 0.638. The molecule has 1 rings (SSSR count). The van der Waals surface area contributed by atoms with Gasteiger partial charge in [-0.1, -0.05) is 24.0 Å². The molecule has 0 aliphatic carbocycles. The predicted octanol–water partition coefficient (Wildman–Crippen LogP) is 0.726. The van der Waals surface area contributed by atoms with Gasteiger partial charge >= 0.3 is 6.03 Å². The Bertz CT molecular complexity index is 431. The first-order valence-electron chi connectivity index (χ1n) is 4.98. The number of nitrogens with one attached hydrogen (secondary N) is 1. The molecule has 0 heterocycles. The Kier molecular flexibility index (Phi) is 4.37. The molecule has 0 saturated heterocycles. The Labute approximate surface area is 95.0 Å². The van der Waals surface area contributed by atoms with Crippen molar-refractivity contribution in [3.05, 3.63) is 35.4 Å². The summed E-state index contributed by atoms with van der Waals surface area (Å²) in [5.74, 6) is 5.71. The van der Waals surface area contributed by atoms with E-state index in [1.807, 2.05) is 31.2 Å². The number of primary amides is 1. The molecule has 1 aromatic rings. The van der Waals surface area contributed by atoms with Crippen LogP contribution in [0.4, 0.5) is 4.79 Å². The molecule has 1 atom stereocenters. The van der Waals surface area contributed by atoms with Gasteiger partial charge in [-0.3, -0.25) is 0 Å². The lowest BCUT2D eigenvalue weighted by atomic mass is 10.1. The van der Waals surface area contributed by atoms with Gasteiger partial charge in [0.2, 0.25) is 0 Å². The smallest absolute Gasteiger partial charge is 0.312 e. The monoisotopic (exact) mass is 217 g/mol. The first kappa shape index (κ1) is 12.1. The van der Waals surface area contributed by atoms with E-state index in [4.69, 9.17) is 11.5 Å². The van der Waals surface area contributed by atoms with Crippen LogP contribution < -0.4 is 16.8 Å². The average Bonchev–Trinajstić information content (AvgIpc) is 2.26. The summed E-state index contributed by atoms with van der Waals surface area (Å²) in [6.45, 7) is 2.19. The third-order valence-corrected chi connectivity index (χ3v) is 2.08. The van der Waals surface area contributed by atoms with E-state index in [0.29, 0.717) is 6.54 Å². The van der Waals surface area contributed by atoms with Crippen molar-refractivity contribution in [1.29, 1.82) is 0 Å². The second-order valence-corrected chi connectivity index (χ2v) is 3.36. The van der Waals surface area contributed by atoms with E-state index in [2.05, 4.69) is 17.2 Å². The Morgan fingerprint density at radius 2 is 2.31 bits per heavy atom. The first-order valence-corrected chi connectivity index (χ1v) is 4.98. The zero-order valence-electron chi connectivity index (χ0n) is 9.16. The summed E-state index contributed by atoms with van der Waals surface area (Å²) in [6, 6.07) is 6.93. The van der Waals surface area contributed by atoms with Crippen LogP contribution in [0.25, 0.3) is 0 Å². The SMILES string of the molecule is CC(NC(N)=O)c1cccc(C#CCN)c1. The number of hydrogen-bond acceptors (Lipinski definition) is 2. The number of amides is 2. The van der Waals surface area contributed by atoms with Gasteiger partial charge in [-0.05, 0) is 24.6 Å². The number of rotatable bonds is 2. The molecular formula is C12H15N3O. The highest BCUT2D eigenvalue weighted by Crippen LogP contribution is 2.13. The van der Waals surface area contributed by atoms with Crippen LogP contribution in [0.3, 0.4) is 0 Å². The van der Waals surface area contributed by atoms with Crippen LogP contribution in [0.15, 0.2) is 24.3 Å². The largest absolute Gasteiger partial charge is 0.352 e. The number of carbonyl (C=O) groups is 1. The minimum Gasteiger partial charge on any atom is -0.352 e. The van der Waals surface area contributed by atoms with Gasteiger partial charge in [0, 0.05) is 5.56 Å². The molecule has 1 unspecified atom stereocenters. The van der Waals surface area contributed by atoms with Crippen molar-refractivity contribution in [3.63, 3.8) is 0 Å². The molecule has 4 heteroatoms. The predicted molar refractivity (Wildman–Crippen MR) is 63.5 cm³/mol. The molecule has 0 aliphatic heterocycles. The maximum absolute atomic E-state index is 10.7. The lowest BCUT2D eigenvalue weighted by Crippen LogP contribution is -2.31. The van der Waals surface area contributed by atoms with E-state index in [1.165, 1.54) is 0 Å². The molecule has 16 heavy (non-hydrogen) atoms. The molecule has 0 aliphatic rings. The molecule has 0 spiro atoms. The van der Waals surface area contributed by atoms with Gasteiger partial charge in [0.15, 0.2) is 0 Å². The van der Waals surface area contributed by atoms with Crippen LogP contribution in [-0.4, -0.2) is 12.6 Å². The van der Waals surface area contributed by atoms with Crippen molar-refractivity contribution in [3.8, 4) is 11.8 Å². The average molecular weight is 217 g/mol.